The topological polar surface area (TPSA) is 59.1 Å². The lowest BCUT2D eigenvalue weighted by Gasteiger charge is -2.42. The molecule has 1 aromatic carbocycles. The quantitative estimate of drug-likeness (QED) is 0.713. The SMILES string of the molecule is O=C(CCC(=O)c1ccccn1)NCC1(c2cccc(Br)c2)CCC1. The maximum Gasteiger partial charge on any atom is 0.220 e. The Labute approximate surface area is 156 Å². The summed E-state index contributed by atoms with van der Waals surface area (Å²) in [6.45, 7) is 0.625. The van der Waals surface area contributed by atoms with Crippen molar-refractivity contribution >= 4 is 27.6 Å². The molecule has 1 fully saturated rings. The number of benzene rings is 1. The van der Waals surface area contributed by atoms with Crippen molar-refractivity contribution < 1.29 is 9.59 Å². The Morgan fingerprint density at radius 1 is 1.12 bits per heavy atom. The highest BCUT2D eigenvalue weighted by atomic mass is 79.9. The highest BCUT2D eigenvalue weighted by Crippen LogP contribution is 2.43. The lowest BCUT2D eigenvalue weighted by Crippen LogP contribution is -2.45. The van der Waals surface area contributed by atoms with E-state index in [1.54, 1.807) is 24.4 Å². The van der Waals surface area contributed by atoms with Gasteiger partial charge in [0.05, 0.1) is 0 Å². The van der Waals surface area contributed by atoms with E-state index in [1.165, 1.54) is 12.0 Å². The van der Waals surface area contributed by atoms with E-state index < -0.39 is 0 Å². The van der Waals surface area contributed by atoms with Crippen molar-refractivity contribution in [1.29, 1.82) is 0 Å². The van der Waals surface area contributed by atoms with E-state index in [9.17, 15) is 9.59 Å². The first kappa shape index (κ1) is 17.8. The zero-order valence-electron chi connectivity index (χ0n) is 14.0. The summed E-state index contributed by atoms with van der Waals surface area (Å²) < 4.78 is 1.06. The maximum atomic E-state index is 12.2. The van der Waals surface area contributed by atoms with Crippen LogP contribution in [0.25, 0.3) is 0 Å². The number of ketones is 1. The van der Waals surface area contributed by atoms with E-state index in [0.29, 0.717) is 12.2 Å². The van der Waals surface area contributed by atoms with Crippen LogP contribution in [0.5, 0.6) is 0 Å². The van der Waals surface area contributed by atoms with Crippen molar-refractivity contribution in [2.24, 2.45) is 0 Å². The Hall–Kier alpha value is -2.01. The number of hydrogen-bond donors (Lipinski definition) is 1. The molecule has 0 atom stereocenters. The Morgan fingerprint density at radius 3 is 2.60 bits per heavy atom. The van der Waals surface area contributed by atoms with Gasteiger partial charge in [-0.15, -0.1) is 0 Å². The summed E-state index contributed by atoms with van der Waals surface area (Å²) in [5.74, 6) is -0.174. The Kier molecular flexibility index (Phi) is 5.63. The highest BCUT2D eigenvalue weighted by Gasteiger charge is 2.38. The molecule has 3 rings (SSSR count). The first-order chi connectivity index (χ1) is 12.1. The molecule has 0 unspecified atom stereocenters. The van der Waals surface area contributed by atoms with Crippen LogP contribution in [0.4, 0.5) is 0 Å². The number of rotatable bonds is 7. The van der Waals surface area contributed by atoms with Crippen molar-refractivity contribution in [2.45, 2.75) is 37.5 Å². The third-order valence-corrected chi connectivity index (χ3v) is 5.39. The summed E-state index contributed by atoms with van der Waals surface area (Å²) >= 11 is 3.52. The van der Waals surface area contributed by atoms with Crippen molar-refractivity contribution in [1.82, 2.24) is 10.3 Å². The van der Waals surface area contributed by atoms with Crippen LogP contribution in [0.2, 0.25) is 0 Å². The number of Topliss-reactive ketones (excluding diaryl/α,β-unsaturated/α-hetero) is 1. The molecule has 1 saturated carbocycles. The van der Waals surface area contributed by atoms with Gasteiger partial charge in [0.25, 0.3) is 0 Å². The molecule has 25 heavy (non-hydrogen) atoms. The van der Waals surface area contributed by atoms with Crippen LogP contribution in [0.3, 0.4) is 0 Å². The molecule has 1 amide bonds. The van der Waals surface area contributed by atoms with Gasteiger partial charge in [-0.3, -0.25) is 14.6 Å². The van der Waals surface area contributed by atoms with E-state index in [0.717, 1.165) is 17.3 Å². The average Bonchev–Trinajstić information content (AvgIpc) is 2.59. The number of pyridine rings is 1. The van der Waals surface area contributed by atoms with Crippen molar-refractivity contribution in [3.63, 3.8) is 0 Å². The summed E-state index contributed by atoms with van der Waals surface area (Å²) in [6.07, 6.45) is 5.32. The van der Waals surface area contributed by atoms with Gasteiger partial charge in [-0.25, -0.2) is 0 Å². The van der Waals surface area contributed by atoms with Crippen LogP contribution < -0.4 is 5.32 Å². The second-order valence-electron chi connectivity index (χ2n) is 6.56. The van der Waals surface area contributed by atoms with Crippen LogP contribution in [0.1, 0.15) is 48.2 Å². The van der Waals surface area contributed by atoms with E-state index in [4.69, 9.17) is 0 Å². The fourth-order valence-electron chi connectivity index (χ4n) is 3.23. The number of carbonyl (C=O) groups excluding carboxylic acids is 2. The molecule has 130 valence electrons. The molecule has 1 aliphatic rings. The number of halogens is 1. The Balaban J connectivity index is 1.52. The van der Waals surface area contributed by atoms with E-state index >= 15 is 0 Å². The molecule has 1 N–H and O–H groups in total. The van der Waals surface area contributed by atoms with Gasteiger partial charge in [-0.1, -0.05) is 40.5 Å². The predicted molar refractivity (Wildman–Crippen MR) is 100 cm³/mol. The molecule has 4 nitrogen and oxygen atoms in total. The van der Waals surface area contributed by atoms with Crippen LogP contribution >= 0.6 is 15.9 Å². The van der Waals surface area contributed by atoms with Crippen LogP contribution in [0.15, 0.2) is 53.1 Å². The summed E-state index contributed by atoms with van der Waals surface area (Å²) in [5, 5.41) is 3.02. The standard InChI is InChI=1S/C20H21BrN2O2/c21-16-6-3-5-15(13-16)20(10-4-11-20)14-23-19(25)9-8-18(24)17-7-1-2-12-22-17/h1-3,5-7,12-13H,4,8-11,14H2,(H,23,25). The normalized spacial score (nSPS) is 15.2. The van der Waals surface area contributed by atoms with E-state index in [-0.39, 0.29) is 29.9 Å². The van der Waals surface area contributed by atoms with Gasteiger partial charge in [0.1, 0.15) is 5.69 Å². The van der Waals surface area contributed by atoms with E-state index in [1.807, 2.05) is 12.1 Å². The van der Waals surface area contributed by atoms with E-state index in [2.05, 4.69) is 38.4 Å². The minimum atomic E-state index is -0.0962. The molecule has 0 radical (unpaired) electrons. The molecular formula is C20H21BrN2O2. The lowest BCUT2D eigenvalue weighted by atomic mass is 9.64. The van der Waals surface area contributed by atoms with Gasteiger partial charge in [0.2, 0.25) is 5.91 Å². The molecule has 1 heterocycles. The smallest absolute Gasteiger partial charge is 0.220 e. The van der Waals surface area contributed by atoms with Crippen molar-refractivity contribution in [3.8, 4) is 0 Å². The summed E-state index contributed by atoms with van der Waals surface area (Å²) in [6, 6.07) is 13.5. The minimum absolute atomic E-state index is 0.0322. The number of carbonyl (C=O) groups is 2. The number of nitrogens with zero attached hydrogens (tertiary/aromatic N) is 1. The van der Waals surface area contributed by atoms with Crippen LogP contribution in [0, 0.1) is 0 Å². The summed E-state index contributed by atoms with van der Waals surface area (Å²) in [7, 11) is 0. The molecule has 0 bridgehead atoms. The minimum Gasteiger partial charge on any atom is -0.355 e. The first-order valence-corrected chi connectivity index (χ1v) is 9.35. The van der Waals surface area contributed by atoms with Gasteiger partial charge < -0.3 is 5.32 Å². The first-order valence-electron chi connectivity index (χ1n) is 8.56. The highest BCUT2D eigenvalue weighted by molar-refractivity contribution is 9.10. The molecule has 5 heteroatoms. The largest absolute Gasteiger partial charge is 0.355 e. The number of hydrogen-bond acceptors (Lipinski definition) is 3. The van der Waals surface area contributed by atoms with Crippen LogP contribution in [-0.4, -0.2) is 23.2 Å². The molecule has 0 spiro atoms. The second kappa shape index (κ2) is 7.91. The number of amides is 1. The second-order valence-corrected chi connectivity index (χ2v) is 7.47. The van der Waals surface area contributed by atoms with Crippen molar-refractivity contribution in [2.75, 3.05) is 6.54 Å². The van der Waals surface area contributed by atoms with Gasteiger partial charge in [-0.2, -0.15) is 0 Å². The van der Waals surface area contributed by atoms with Gasteiger partial charge in [0.15, 0.2) is 5.78 Å². The summed E-state index contributed by atoms with van der Waals surface area (Å²) in [4.78, 5) is 28.2. The molecule has 1 aromatic heterocycles. The fourth-order valence-corrected chi connectivity index (χ4v) is 3.63. The van der Waals surface area contributed by atoms with Gasteiger partial charge in [0, 0.05) is 35.5 Å². The summed E-state index contributed by atoms with van der Waals surface area (Å²) in [5.41, 5.74) is 1.71. The lowest BCUT2D eigenvalue weighted by molar-refractivity contribution is -0.121. The zero-order chi connectivity index (χ0) is 17.7. The average molecular weight is 401 g/mol. The fraction of sp³-hybridized carbons (Fsp3) is 0.350. The number of aromatic nitrogens is 1. The predicted octanol–water partition coefficient (Wildman–Crippen LogP) is 4.05. The third-order valence-electron chi connectivity index (χ3n) is 4.90. The Morgan fingerprint density at radius 2 is 1.96 bits per heavy atom. The van der Waals surface area contributed by atoms with Gasteiger partial charge >= 0.3 is 0 Å². The third kappa shape index (κ3) is 4.34. The molecule has 1 aliphatic carbocycles. The monoisotopic (exact) mass is 400 g/mol. The molecule has 0 saturated heterocycles. The Bertz CT molecular complexity index is 757. The number of nitrogens with one attached hydrogen (secondary N) is 1. The molecular weight excluding hydrogens is 380 g/mol. The maximum absolute atomic E-state index is 12.2. The van der Waals surface area contributed by atoms with Crippen LogP contribution in [-0.2, 0) is 10.2 Å². The van der Waals surface area contributed by atoms with Gasteiger partial charge in [-0.05, 0) is 42.7 Å². The molecule has 2 aromatic rings. The zero-order valence-corrected chi connectivity index (χ0v) is 15.6. The molecule has 0 aliphatic heterocycles. The van der Waals surface area contributed by atoms with Crippen molar-refractivity contribution in [3.05, 3.63) is 64.4 Å².